The van der Waals surface area contributed by atoms with Gasteiger partial charge in [0.25, 0.3) is 0 Å². The van der Waals surface area contributed by atoms with Gasteiger partial charge in [0.2, 0.25) is 15.9 Å². The molecule has 0 radical (unpaired) electrons. The fourth-order valence-electron chi connectivity index (χ4n) is 1.65. The van der Waals surface area contributed by atoms with Gasteiger partial charge in [-0.3, -0.25) is 4.79 Å². The predicted octanol–water partition coefficient (Wildman–Crippen LogP) is 1.39. The molecule has 0 aliphatic heterocycles. The highest BCUT2D eigenvalue weighted by Crippen LogP contribution is 2.20. The highest BCUT2D eigenvalue weighted by molar-refractivity contribution is 7.89. The van der Waals surface area contributed by atoms with Gasteiger partial charge >= 0.3 is 0 Å². The van der Waals surface area contributed by atoms with Crippen LogP contribution >= 0.6 is 12.4 Å². The van der Waals surface area contributed by atoms with Gasteiger partial charge in [-0.15, -0.1) is 12.4 Å². The first-order valence-electron chi connectivity index (χ1n) is 6.45. The second kappa shape index (κ2) is 8.99. The van der Waals surface area contributed by atoms with Gasteiger partial charge in [0.15, 0.2) is 0 Å². The minimum absolute atomic E-state index is 0. The number of nitrogens with one attached hydrogen (secondary N) is 2. The summed E-state index contributed by atoms with van der Waals surface area (Å²) in [5, 5.41) is 2.61. The Balaban J connectivity index is 0.00000400. The lowest BCUT2D eigenvalue weighted by molar-refractivity contribution is -0.114. The second-order valence-electron chi connectivity index (χ2n) is 4.55. The van der Waals surface area contributed by atoms with E-state index in [2.05, 4.69) is 10.0 Å². The van der Waals surface area contributed by atoms with E-state index in [1.165, 1.54) is 19.1 Å². The smallest absolute Gasteiger partial charge is 0.240 e. The Hall–Kier alpha value is -1.15. The van der Waals surface area contributed by atoms with Crippen molar-refractivity contribution in [3.05, 3.63) is 23.8 Å². The van der Waals surface area contributed by atoms with Crippen LogP contribution in [0.4, 0.5) is 5.69 Å². The van der Waals surface area contributed by atoms with Crippen molar-refractivity contribution in [2.45, 2.75) is 31.6 Å². The van der Waals surface area contributed by atoms with E-state index >= 15 is 0 Å². The first kappa shape index (κ1) is 19.9. The zero-order chi connectivity index (χ0) is 15.2. The Morgan fingerprint density at radius 1 is 1.29 bits per heavy atom. The standard InChI is InChI=1S/C13H21N3O3S.ClH/c1-10-5-6-12(9-13(10)16-11(2)17)20(18,19)15-8-4-3-7-14;/h5-6,9,15H,3-4,7-8,14H2,1-2H3,(H,16,17);1H. The predicted molar refractivity (Wildman–Crippen MR) is 86.2 cm³/mol. The number of amides is 1. The molecule has 1 amide bonds. The van der Waals surface area contributed by atoms with Gasteiger partial charge in [0, 0.05) is 19.2 Å². The molecule has 21 heavy (non-hydrogen) atoms. The van der Waals surface area contributed by atoms with Gasteiger partial charge < -0.3 is 11.1 Å². The Labute approximate surface area is 132 Å². The maximum atomic E-state index is 12.1. The summed E-state index contributed by atoms with van der Waals surface area (Å²) in [6, 6.07) is 4.65. The third-order valence-corrected chi connectivity index (χ3v) is 4.21. The number of carbonyl (C=O) groups excluding carboxylic acids is 1. The molecular formula is C13H22ClN3O3S. The summed E-state index contributed by atoms with van der Waals surface area (Å²) < 4.78 is 26.7. The Kier molecular flexibility index (Phi) is 8.50. The topological polar surface area (TPSA) is 101 Å². The minimum atomic E-state index is -3.56. The highest BCUT2D eigenvalue weighted by Gasteiger charge is 2.15. The van der Waals surface area contributed by atoms with Gasteiger partial charge in [-0.2, -0.15) is 0 Å². The Morgan fingerprint density at radius 2 is 1.95 bits per heavy atom. The molecule has 0 fully saturated rings. The van der Waals surface area contributed by atoms with Crippen LogP contribution in [0.5, 0.6) is 0 Å². The van der Waals surface area contributed by atoms with E-state index in [1.807, 2.05) is 0 Å². The Bertz CT molecular complexity index is 576. The largest absolute Gasteiger partial charge is 0.330 e. The maximum absolute atomic E-state index is 12.1. The van der Waals surface area contributed by atoms with Crippen molar-refractivity contribution in [1.82, 2.24) is 4.72 Å². The van der Waals surface area contributed by atoms with Crippen molar-refractivity contribution in [2.24, 2.45) is 5.73 Å². The molecule has 0 spiro atoms. The lowest BCUT2D eigenvalue weighted by atomic mass is 10.2. The minimum Gasteiger partial charge on any atom is -0.330 e. The molecule has 0 heterocycles. The van der Waals surface area contributed by atoms with Crippen LogP contribution in [-0.2, 0) is 14.8 Å². The Morgan fingerprint density at radius 3 is 2.52 bits per heavy atom. The number of hydrogen-bond donors (Lipinski definition) is 3. The van der Waals surface area contributed by atoms with Crippen LogP contribution in [0.15, 0.2) is 23.1 Å². The zero-order valence-corrected chi connectivity index (χ0v) is 13.8. The van der Waals surface area contributed by atoms with Crippen molar-refractivity contribution >= 4 is 34.0 Å². The molecule has 0 aromatic heterocycles. The van der Waals surface area contributed by atoms with Crippen molar-refractivity contribution in [1.29, 1.82) is 0 Å². The molecular weight excluding hydrogens is 314 g/mol. The van der Waals surface area contributed by atoms with Crippen LogP contribution < -0.4 is 15.8 Å². The summed E-state index contributed by atoms with van der Waals surface area (Å²) in [5.74, 6) is -0.237. The number of rotatable bonds is 7. The summed E-state index contributed by atoms with van der Waals surface area (Å²) in [6.07, 6.45) is 1.47. The molecule has 0 aliphatic rings. The maximum Gasteiger partial charge on any atom is 0.240 e. The van der Waals surface area contributed by atoms with Gasteiger partial charge in [0.1, 0.15) is 0 Å². The molecule has 0 aliphatic carbocycles. The van der Waals surface area contributed by atoms with E-state index in [0.717, 1.165) is 12.0 Å². The zero-order valence-electron chi connectivity index (χ0n) is 12.2. The summed E-state index contributed by atoms with van der Waals surface area (Å²) in [4.78, 5) is 11.2. The van der Waals surface area contributed by atoms with Crippen LogP contribution in [0, 0.1) is 6.92 Å². The normalized spacial score (nSPS) is 10.8. The number of sulfonamides is 1. The number of anilines is 1. The van der Waals surface area contributed by atoms with Crippen molar-refractivity contribution < 1.29 is 13.2 Å². The first-order chi connectivity index (χ1) is 9.36. The SMILES string of the molecule is CC(=O)Nc1cc(S(=O)(=O)NCCCCN)ccc1C.Cl. The van der Waals surface area contributed by atoms with E-state index in [-0.39, 0.29) is 23.2 Å². The molecule has 1 rings (SSSR count). The molecule has 0 unspecified atom stereocenters. The van der Waals surface area contributed by atoms with E-state index in [0.29, 0.717) is 25.2 Å². The van der Waals surface area contributed by atoms with Crippen molar-refractivity contribution in [3.8, 4) is 0 Å². The van der Waals surface area contributed by atoms with E-state index in [4.69, 9.17) is 5.73 Å². The van der Waals surface area contributed by atoms with Crippen LogP contribution in [0.2, 0.25) is 0 Å². The number of halogens is 1. The summed E-state index contributed by atoms with van der Waals surface area (Å²) in [5.41, 5.74) is 6.66. The molecule has 1 aromatic carbocycles. The molecule has 0 saturated heterocycles. The third kappa shape index (κ3) is 6.43. The van der Waals surface area contributed by atoms with Crippen molar-refractivity contribution in [2.75, 3.05) is 18.4 Å². The number of nitrogens with two attached hydrogens (primary N) is 1. The molecule has 120 valence electrons. The number of aryl methyl sites for hydroxylation is 1. The van der Waals surface area contributed by atoms with Gasteiger partial charge in [-0.25, -0.2) is 13.1 Å². The van der Waals surface area contributed by atoms with Gasteiger partial charge in [0.05, 0.1) is 4.90 Å². The lowest BCUT2D eigenvalue weighted by Crippen LogP contribution is -2.25. The summed E-state index contributed by atoms with van der Waals surface area (Å²) in [7, 11) is -3.56. The van der Waals surface area contributed by atoms with Gasteiger partial charge in [-0.1, -0.05) is 6.07 Å². The third-order valence-electron chi connectivity index (χ3n) is 2.75. The fraction of sp³-hybridized carbons (Fsp3) is 0.462. The van der Waals surface area contributed by atoms with Crippen LogP contribution in [0.1, 0.15) is 25.3 Å². The second-order valence-corrected chi connectivity index (χ2v) is 6.32. The van der Waals surface area contributed by atoms with Crippen LogP contribution in [0.3, 0.4) is 0 Å². The number of unbranched alkanes of at least 4 members (excludes halogenated alkanes) is 1. The monoisotopic (exact) mass is 335 g/mol. The molecule has 4 N–H and O–H groups in total. The quantitative estimate of drug-likeness (QED) is 0.655. The molecule has 0 bridgehead atoms. The van der Waals surface area contributed by atoms with E-state index < -0.39 is 10.0 Å². The van der Waals surface area contributed by atoms with Gasteiger partial charge in [-0.05, 0) is 44.0 Å². The van der Waals surface area contributed by atoms with Crippen LogP contribution in [0.25, 0.3) is 0 Å². The number of benzene rings is 1. The van der Waals surface area contributed by atoms with E-state index in [9.17, 15) is 13.2 Å². The average molecular weight is 336 g/mol. The summed E-state index contributed by atoms with van der Waals surface area (Å²) >= 11 is 0. The molecule has 0 saturated carbocycles. The number of carbonyl (C=O) groups is 1. The fourth-order valence-corrected chi connectivity index (χ4v) is 2.75. The average Bonchev–Trinajstić information content (AvgIpc) is 2.36. The number of hydrogen-bond acceptors (Lipinski definition) is 4. The van der Waals surface area contributed by atoms with Crippen molar-refractivity contribution in [3.63, 3.8) is 0 Å². The summed E-state index contributed by atoms with van der Waals surface area (Å²) in [6.45, 7) is 4.07. The molecule has 0 atom stereocenters. The highest BCUT2D eigenvalue weighted by atomic mass is 35.5. The lowest BCUT2D eigenvalue weighted by Gasteiger charge is -2.11. The molecule has 8 heteroatoms. The molecule has 6 nitrogen and oxygen atoms in total. The molecule has 1 aromatic rings. The van der Waals surface area contributed by atoms with Crippen LogP contribution in [-0.4, -0.2) is 27.4 Å². The first-order valence-corrected chi connectivity index (χ1v) is 7.93. The van der Waals surface area contributed by atoms with E-state index in [1.54, 1.807) is 13.0 Å².